The van der Waals surface area contributed by atoms with Crippen LogP contribution in [0.4, 0.5) is 10.5 Å². The second kappa shape index (κ2) is 9.93. The molecule has 0 saturated heterocycles. The molecule has 0 saturated carbocycles. The number of carbonyl (C=O) groups is 3. The van der Waals surface area contributed by atoms with Gasteiger partial charge in [0.2, 0.25) is 0 Å². The summed E-state index contributed by atoms with van der Waals surface area (Å²) in [6, 6.07) is 6.92. The summed E-state index contributed by atoms with van der Waals surface area (Å²) in [5.41, 5.74) is 0.968. The number of urea groups is 1. The fraction of sp³-hybridized carbons (Fsp3) is 0.471. The summed E-state index contributed by atoms with van der Waals surface area (Å²) >= 11 is 1.43. The molecular weight excluding hydrogens is 344 g/mol. The molecule has 0 aliphatic carbocycles. The second-order valence-electron chi connectivity index (χ2n) is 6.13. The van der Waals surface area contributed by atoms with Gasteiger partial charge in [-0.25, -0.2) is 4.79 Å². The number of carboxylic acid groups (broad SMARTS) is 1. The first-order chi connectivity index (χ1) is 11.7. The highest BCUT2D eigenvalue weighted by Gasteiger charge is 2.21. The molecule has 0 fully saturated rings. The van der Waals surface area contributed by atoms with Crippen LogP contribution >= 0.6 is 11.8 Å². The number of anilines is 1. The van der Waals surface area contributed by atoms with Crippen LogP contribution in [0.2, 0.25) is 0 Å². The summed E-state index contributed by atoms with van der Waals surface area (Å²) in [6.45, 7) is 3.55. The average molecular weight is 368 g/mol. The number of aliphatic carboxylic acids is 1. The van der Waals surface area contributed by atoms with Gasteiger partial charge in [0.15, 0.2) is 0 Å². The Hall–Kier alpha value is -2.22. The number of rotatable bonds is 9. The van der Waals surface area contributed by atoms with Crippen LogP contribution in [0, 0.1) is 0 Å². The Labute approximate surface area is 151 Å². The van der Waals surface area contributed by atoms with E-state index < -0.39 is 17.5 Å². The lowest BCUT2D eigenvalue weighted by atomic mass is 9.99. The monoisotopic (exact) mass is 368 g/mol. The molecule has 0 spiro atoms. The summed E-state index contributed by atoms with van der Waals surface area (Å²) < 4.78 is 4.58. The third-order valence-corrected chi connectivity index (χ3v) is 4.29. The molecule has 0 atom stereocenters. The lowest BCUT2D eigenvalue weighted by molar-refractivity contribution is -0.138. The highest BCUT2D eigenvalue weighted by Crippen LogP contribution is 2.17. The van der Waals surface area contributed by atoms with Gasteiger partial charge in [0.05, 0.1) is 12.9 Å². The minimum atomic E-state index is -0.896. The van der Waals surface area contributed by atoms with Gasteiger partial charge in [-0.05, 0) is 38.0 Å². The molecule has 1 rings (SSSR count). The van der Waals surface area contributed by atoms with Crippen LogP contribution in [0.1, 0.15) is 32.3 Å². The largest absolute Gasteiger partial charge is 0.481 e. The van der Waals surface area contributed by atoms with Crippen molar-refractivity contribution in [2.75, 3.05) is 18.2 Å². The van der Waals surface area contributed by atoms with Gasteiger partial charge in [0.25, 0.3) is 0 Å². The minimum Gasteiger partial charge on any atom is -0.481 e. The third kappa shape index (κ3) is 8.99. The lowest BCUT2D eigenvalue weighted by Crippen LogP contribution is -2.45. The van der Waals surface area contributed by atoms with Gasteiger partial charge in [0.1, 0.15) is 0 Å². The molecule has 0 radical (unpaired) electrons. The molecule has 0 aromatic heterocycles. The van der Waals surface area contributed by atoms with Crippen molar-refractivity contribution in [1.82, 2.24) is 5.32 Å². The Kier molecular flexibility index (Phi) is 8.27. The van der Waals surface area contributed by atoms with Crippen molar-refractivity contribution in [2.45, 2.75) is 38.0 Å². The molecule has 0 heterocycles. The number of benzene rings is 1. The van der Waals surface area contributed by atoms with Crippen LogP contribution in [0.3, 0.4) is 0 Å². The van der Waals surface area contributed by atoms with Crippen molar-refractivity contribution in [3.8, 4) is 0 Å². The average Bonchev–Trinajstić information content (AvgIpc) is 2.52. The van der Waals surface area contributed by atoms with Gasteiger partial charge in [-0.3, -0.25) is 9.59 Å². The molecule has 0 bridgehead atoms. The molecular formula is C17H24N2O5S. The third-order valence-electron chi connectivity index (χ3n) is 3.32. The lowest BCUT2D eigenvalue weighted by Gasteiger charge is -2.25. The number of thioether (sulfide) groups is 1. The summed E-state index contributed by atoms with van der Waals surface area (Å²) in [5, 5.41) is 14.2. The summed E-state index contributed by atoms with van der Waals surface area (Å²) in [7, 11) is 1.35. The van der Waals surface area contributed by atoms with E-state index >= 15 is 0 Å². The predicted octanol–water partition coefficient (Wildman–Crippen LogP) is 2.86. The number of amides is 2. The van der Waals surface area contributed by atoms with Crippen LogP contribution in [0.15, 0.2) is 24.3 Å². The highest BCUT2D eigenvalue weighted by atomic mass is 32.2. The molecule has 138 valence electrons. The zero-order chi connectivity index (χ0) is 18.9. The van der Waals surface area contributed by atoms with Crippen LogP contribution < -0.4 is 10.6 Å². The van der Waals surface area contributed by atoms with Gasteiger partial charge < -0.3 is 20.5 Å². The van der Waals surface area contributed by atoms with Crippen molar-refractivity contribution in [3.05, 3.63) is 29.8 Å². The number of esters is 1. The zero-order valence-electron chi connectivity index (χ0n) is 14.6. The topological polar surface area (TPSA) is 105 Å². The fourth-order valence-electron chi connectivity index (χ4n) is 2.00. The quantitative estimate of drug-likeness (QED) is 0.579. The predicted molar refractivity (Wildman–Crippen MR) is 97.7 cm³/mol. The van der Waals surface area contributed by atoms with Crippen LogP contribution in [-0.2, 0) is 20.1 Å². The first-order valence-corrected chi connectivity index (χ1v) is 8.92. The second-order valence-corrected chi connectivity index (χ2v) is 7.11. The Morgan fingerprint density at radius 3 is 2.64 bits per heavy atom. The maximum Gasteiger partial charge on any atom is 0.319 e. The van der Waals surface area contributed by atoms with Crippen LogP contribution in [0.5, 0.6) is 0 Å². The minimum absolute atomic E-state index is 0.0137. The normalized spacial score (nSPS) is 10.8. The molecule has 0 aliphatic heterocycles. The van der Waals surface area contributed by atoms with Crippen molar-refractivity contribution in [3.63, 3.8) is 0 Å². The van der Waals surface area contributed by atoms with E-state index in [9.17, 15) is 14.4 Å². The maximum atomic E-state index is 12.1. The Morgan fingerprint density at radius 2 is 2.00 bits per heavy atom. The Morgan fingerprint density at radius 1 is 1.28 bits per heavy atom. The van der Waals surface area contributed by atoms with Crippen molar-refractivity contribution in [2.24, 2.45) is 0 Å². The summed E-state index contributed by atoms with van der Waals surface area (Å²) in [5.74, 6) is -0.280. The molecule has 2 amide bonds. The number of carbonyl (C=O) groups excluding carboxylic acids is 2. The molecule has 1 aromatic carbocycles. The number of hydrogen-bond donors (Lipinski definition) is 3. The Bertz CT molecular complexity index is 619. The molecule has 0 unspecified atom stereocenters. The first kappa shape index (κ1) is 20.8. The fourth-order valence-corrected chi connectivity index (χ4v) is 2.80. The summed E-state index contributed by atoms with van der Waals surface area (Å²) in [4.78, 5) is 33.8. The number of ether oxygens (including phenoxy) is 1. The SMILES string of the molecule is COC(=O)CSCc1cccc(NC(=O)NC(C)(C)CCC(=O)O)c1. The van der Waals surface area contributed by atoms with Gasteiger partial charge in [-0.2, -0.15) is 0 Å². The van der Waals surface area contributed by atoms with Crippen molar-refractivity contribution < 1.29 is 24.2 Å². The molecule has 1 aromatic rings. The van der Waals surface area contributed by atoms with E-state index in [-0.39, 0.29) is 18.1 Å². The van der Waals surface area contributed by atoms with E-state index in [4.69, 9.17) is 5.11 Å². The van der Waals surface area contributed by atoms with Crippen molar-refractivity contribution >= 4 is 35.4 Å². The Balaban J connectivity index is 2.52. The van der Waals surface area contributed by atoms with E-state index in [1.807, 2.05) is 18.2 Å². The van der Waals surface area contributed by atoms with E-state index in [0.717, 1.165) is 5.56 Å². The molecule has 7 nitrogen and oxygen atoms in total. The van der Waals surface area contributed by atoms with Crippen LogP contribution in [-0.4, -0.2) is 41.5 Å². The number of methoxy groups -OCH3 is 1. The van der Waals surface area contributed by atoms with Gasteiger partial charge in [-0.15, -0.1) is 11.8 Å². The van der Waals surface area contributed by atoms with Crippen molar-refractivity contribution in [1.29, 1.82) is 0 Å². The molecule has 25 heavy (non-hydrogen) atoms. The maximum absolute atomic E-state index is 12.1. The number of carboxylic acids is 1. The smallest absolute Gasteiger partial charge is 0.319 e. The van der Waals surface area contributed by atoms with Gasteiger partial charge in [0, 0.05) is 23.4 Å². The summed E-state index contributed by atoms with van der Waals surface area (Å²) in [6.07, 6.45) is 0.320. The van der Waals surface area contributed by atoms with E-state index in [2.05, 4.69) is 15.4 Å². The first-order valence-electron chi connectivity index (χ1n) is 7.76. The van der Waals surface area contributed by atoms with E-state index in [0.29, 0.717) is 17.9 Å². The number of hydrogen-bond acceptors (Lipinski definition) is 5. The van der Waals surface area contributed by atoms with E-state index in [1.165, 1.54) is 18.9 Å². The van der Waals surface area contributed by atoms with Gasteiger partial charge in [-0.1, -0.05) is 12.1 Å². The zero-order valence-corrected chi connectivity index (χ0v) is 15.4. The molecule has 3 N–H and O–H groups in total. The number of nitrogens with one attached hydrogen (secondary N) is 2. The highest BCUT2D eigenvalue weighted by molar-refractivity contribution is 7.99. The standard InChI is InChI=1S/C17H24N2O5S/c1-17(2,8-7-14(20)21)19-16(23)18-13-6-4-5-12(9-13)10-25-11-15(22)24-3/h4-6,9H,7-8,10-11H2,1-3H3,(H,20,21)(H2,18,19,23). The molecule has 8 heteroatoms. The van der Waals surface area contributed by atoms with E-state index in [1.54, 1.807) is 19.9 Å². The van der Waals surface area contributed by atoms with Crippen LogP contribution in [0.25, 0.3) is 0 Å². The van der Waals surface area contributed by atoms with Gasteiger partial charge >= 0.3 is 18.0 Å². The molecule has 0 aliphatic rings.